The summed E-state index contributed by atoms with van der Waals surface area (Å²) in [6.45, 7) is 0.964. The first kappa shape index (κ1) is 61.6. The summed E-state index contributed by atoms with van der Waals surface area (Å²) < 4.78 is 109. The van der Waals surface area contributed by atoms with Crippen LogP contribution in [-0.4, -0.2) is 230 Å². The summed E-state index contributed by atoms with van der Waals surface area (Å²) in [7, 11) is -7.87. The van der Waals surface area contributed by atoms with Crippen molar-refractivity contribution in [3.05, 3.63) is 0 Å². The van der Waals surface area contributed by atoms with Gasteiger partial charge in [0.1, 0.15) is 79.9 Å². The Hall–Kier alpha value is -3.41. The normalized spacial score (nSPS) is 34.1. The molecule has 0 saturated carbocycles. The number of carbonyl (C=O) groups excluding carboxylic acids is 2. The summed E-state index contributed by atoms with van der Waals surface area (Å²) in [6, 6.07) is 0. The molecule has 10 N–H and O–H groups in total. The Bertz CT molecular complexity index is 1850. The van der Waals surface area contributed by atoms with E-state index in [1.165, 1.54) is 21.0 Å². The Morgan fingerprint density at radius 3 is 1.66 bits per heavy atom. The van der Waals surface area contributed by atoms with Crippen LogP contribution in [0.15, 0.2) is 5.16 Å². The van der Waals surface area contributed by atoms with E-state index in [0.29, 0.717) is 6.21 Å². The molecule has 3 heterocycles. The molecular formula is C34H52N2O29S2-4. The number of aliphatic hydroxyl groups is 8. The molecule has 9 unspecified atom stereocenters. The van der Waals surface area contributed by atoms with E-state index < -0.39 is 162 Å². The molecule has 0 aromatic heterocycles. The van der Waals surface area contributed by atoms with Crippen LogP contribution in [0.3, 0.4) is 0 Å². The zero-order valence-electron chi connectivity index (χ0n) is 35.5. The lowest BCUT2D eigenvalue weighted by Crippen LogP contribution is -2.65. The van der Waals surface area contributed by atoms with Gasteiger partial charge < -0.3 is 108 Å². The molecule has 3 aliphatic rings. The fourth-order valence-electron chi connectivity index (χ4n) is 6.06. The van der Waals surface area contributed by atoms with Gasteiger partial charge in [-0.1, -0.05) is 30.8 Å². The molecule has 0 aliphatic carbocycles. The van der Waals surface area contributed by atoms with Gasteiger partial charge in [-0.25, -0.2) is 22.7 Å². The lowest BCUT2D eigenvalue weighted by Gasteiger charge is -2.47. The van der Waals surface area contributed by atoms with E-state index in [9.17, 15) is 86.6 Å². The number of oxime groups is 1. The van der Waals surface area contributed by atoms with Crippen molar-refractivity contribution in [1.29, 1.82) is 0 Å². The second-order valence-electron chi connectivity index (χ2n) is 14.0. The Labute approximate surface area is 382 Å². The Kier molecular flexibility index (Phi) is 26.6. The van der Waals surface area contributed by atoms with Gasteiger partial charge in [-0.15, -0.1) is 12.8 Å². The Morgan fingerprint density at radius 2 is 1.25 bits per heavy atom. The van der Waals surface area contributed by atoms with Crippen molar-refractivity contribution in [2.45, 2.75) is 118 Å². The minimum absolute atomic E-state index is 0.194. The number of carboxylic acids is 2. The van der Waals surface area contributed by atoms with Crippen LogP contribution < -0.4 is 16.1 Å². The van der Waals surface area contributed by atoms with Crippen LogP contribution in [0.5, 0.6) is 0 Å². The maximum atomic E-state index is 11.3. The highest BCUT2D eigenvalue weighted by Gasteiger charge is 2.51. The van der Waals surface area contributed by atoms with Gasteiger partial charge >= 0.3 is 0 Å². The number of aliphatic carboxylic acids is 2. The smallest absolute Gasteiger partial charge is 0.217 e. The molecule has 0 radical (unpaired) electrons. The second-order valence-corrected chi connectivity index (χ2v) is 16.1. The Balaban J connectivity index is 0.000000611. The first-order chi connectivity index (χ1) is 31.1. The number of carbonyl (C=O) groups is 2. The quantitative estimate of drug-likeness (QED) is 0.0129. The van der Waals surface area contributed by atoms with Gasteiger partial charge in [-0.3, -0.25) is 13.2 Å². The maximum absolute atomic E-state index is 11.3. The fraction of sp³-hybridized carbons (Fsp3) is 0.794. The highest BCUT2D eigenvalue weighted by molar-refractivity contribution is 7.81. The van der Waals surface area contributed by atoms with Crippen molar-refractivity contribution in [2.75, 3.05) is 40.6 Å². The zero-order valence-corrected chi connectivity index (χ0v) is 37.2. The number of methoxy groups -OCH3 is 2. The molecule has 3 fully saturated rings. The van der Waals surface area contributed by atoms with Crippen molar-refractivity contribution >= 4 is 39.0 Å². The van der Waals surface area contributed by atoms with Gasteiger partial charge in [-0.2, -0.15) is 0 Å². The molecule has 388 valence electrons. The monoisotopic (exact) mass is 1020 g/mol. The molecule has 0 amide bonds. The standard InChI is InChI=1S/C17H27NO14S.C14H24O14S.C3H5NO/c1-4-5-29-18-6-9(19)12(21)15(13(22)16(23)24)32-17-8(2)11(20)14(28-3)10(31-17)7-30-33(25,26)27;1-4-6(15)9(24-2)5(3-25-29(21,22)23)26-14(4)28-10-7(16)8(17)13(20)27-11(10)12(18)19;1-2-3-5-4/h1,6,8-15,17,19-22H,5,7H2,2-3H3,(H,23,24)(H,25,26,27);4-11,13-17,20H,3H2,1-2H3,(H,18,19)(H,21,22,23);1H,3-4H2/p-4/b18-6-;;/t8?,9?,10?,11-,12-,13?,14-,15+,17-;4?,5?,6-,7-,8?,9-,10+,11?,13?,14-;/m11./s1. The molecule has 3 rings (SSSR count). The summed E-state index contributed by atoms with van der Waals surface area (Å²) >= 11 is 0. The first-order valence-electron chi connectivity index (χ1n) is 18.9. The molecule has 0 bridgehead atoms. The summed E-state index contributed by atoms with van der Waals surface area (Å²) in [5.41, 5.74) is 0. The number of nitrogens with zero attached hydrogens (tertiary/aromatic N) is 1. The first-order valence-corrected chi connectivity index (χ1v) is 21.5. The lowest BCUT2D eigenvalue weighted by atomic mass is 9.91. The molecule has 0 spiro atoms. The SMILES string of the molecule is C#CCO/N=C\C(O)[C@@H](O)[C@H](O[C@H]1OC(COS(=O)(=O)[O-])[C@@H](OC)[C@H](O)C1C)C(O)C(=O)[O-].C#CCON.CO[C@@H]1C(COS(=O)(=O)[O-])O[C@H](O[C@@H]2C(C(=O)[O-])OC(O)C(O)[C@H]2O)C(C)[C@H]1O. The van der Waals surface area contributed by atoms with Gasteiger partial charge in [0.2, 0.25) is 20.8 Å². The summed E-state index contributed by atoms with van der Waals surface area (Å²) in [6.07, 6.45) is -19.0. The third-order valence-corrected chi connectivity index (χ3v) is 10.3. The number of ether oxygens (including phenoxy) is 7. The number of hydrogen-bond acceptors (Lipinski definition) is 31. The number of hydrogen-bond donors (Lipinski definition) is 9. The van der Waals surface area contributed by atoms with E-state index in [4.69, 9.17) is 34.8 Å². The van der Waals surface area contributed by atoms with Crippen LogP contribution in [0.25, 0.3) is 0 Å². The number of terminal acetylenes is 2. The number of carboxylic acid groups (broad SMARTS) is 2. The predicted molar refractivity (Wildman–Crippen MR) is 203 cm³/mol. The number of nitrogens with two attached hydrogens (primary N) is 1. The van der Waals surface area contributed by atoms with Crippen LogP contribution in [0.1, 0.15) is 13.8 Å². The van der Waals surface area contributed by atoms with Crippen molar-refractivity contribution in [1.82, 2.24) is 0 Å². The van der Waals surface area contributed by atoms with Gasteiger partial charge in [0.05, 0.1) is 43.6 Å². The third kappa shape index (κ3) is 19.5. The van der Waals surface area contributed by atoms with Crippen molar-refractivity contribution in [3.8, 4) is 24.7 Å². The number of aliphatic hydroxyl groups excluding tert-OH is 8. The highest BCUT2D eigenvalue weighted by Crippen LogP contribution is 2.33. The fourth-order valence-corrected chi connectivity index (χ4v) is 6.66. The summed E-state index contributed by atoms with van der Waals surface area (Å²) in [5, 5.41) is 106. The zero-order chi connectivity index (χ0) is 51.6. The van der Waals surface area contributed by atoms with Gasteiger partial charge in [-0.05, 0) is 0 Å². The molecule has 19 atom stereocenters. The Morgan fingerprint density at radius 1 is 0.776 bits per heavy atom. The molecule has 3 saturated heterocycles. The average Bonchev–Trinajstić information content (AvgIpc) is 3.25. The molecule has 31 nitrogen and oxygen atoms in total. The van der Waals surface area contributed by atoms with Gasteiger partial charge in [0.15, 0.2) is 25.5 Å². The van der Waals surface area contributed by atoms with Gasteiger partial charge in [0.25, 0.3) is 0 Å². The molecule has 0 aromatic carbocycles. The molecule has 0 aromatic rings. The van der Waals surface area contributed by atoms with E-state index in [1.54, 1.807) is 0 Å². The van der Waals surface area contributed by atoms with Crippen LogP contribution in [-0.2, 0) is 81.6 Å². The second kappa shape index (κ2) is 28.9. The average molecular weight is 1020 g/mol. The highest BCUT2D eigenvalue weighted by atomic mass is 32.3. The van der Waals surface area contributed by atoms with E-state index in [-0.39, 0.29) is 13.2 Å². The predicted octanol–water partition coefficient (Wildman–Crippen LogP) is -10.7. The van der Waals surface area contributed by atoms with E-state index >= 15 is 0 Å². The molecule has 3 aliphatic heterocycles. The van der Waals surface area contributed by atoms with E-state index in [2.05, 4.69) is 52.1 Å². The van der Waals surface area contributed by atoms with E-state index in [1.807, 2.05) is 0 Å². The lowest BCUT2D eigenvalue weighted by molar-refractivity contribution is -0.368. The van der Waals surface area contributed by atoms with Crippen LogP contribution >= 0.6 is 0 Å². The third-order valence-electron chi connectivity index (χ3n) is 9.48. The van der Waals surface area contributed by atoms with Crippen molar-refractivity contribution < 1.29 is 138 Å². The van der Waals surface area contributed by atoms with Crippen LogP contribution in [0.4, 0.5) is 0 Å². The minimum atomic E-state index is -5.13. The molecular weight excluding hydrogens is 964 g/mol. The molecule has 33 heteroatoms. The van der Waals surface area contributed by atoms with Crippen LogP contribution in [0, 0.1) is 36.5 Å². The minimum Gasteiger partial charge on any atom is -0.726 e. The largest absolute Gasteiger partial charge is 0.726 e. The molecule has 67 heavy (non-hydrogen) atoms. The van der Waals surface area contributed by atoms with Crippen LogP contribution in [0.2, 0.25) is 0 Å². The number of rotatable bonds is 21. The summed E-state index contributed by atoms with van der Waals surface area (Å²) in [5.74, 6) is 2.87. The van der Waals surface area contributed by atoms with Crippen molar-refractivity contribution in [3.63, 3.8) is 0 Å². The topological polar surface area (TPSA) is 496 Å². The maximum Gasteiger partial charge on any atom is 0.217 e. The summed E-state index contributed by atoms with van der Waals surface area (Å²) in [4.78, 5) is 30.9. The van der Waals surface area contributed by atoms with E-state index in [0.717, 1.165) is 7.11 Å². The van der Waals surface area contributed by atoms with Gasteiger partial charge in [0, 0.05) is 26.1 Å². The van der Waals surface area contributed by atoms with Crippen molar-refractivity contribution in [2.24, 2.45) is 22.9 Å².